The molecule has 0 atom stereocenters. The molecule has 0 bridgehead atoms. The Morgan fingerprint density at radius 1 is 1.47 bits per heavy atom. The molecule has 0 unspecified atom stereocenters. The molecule has 1 aromatic rings. The molecule has 1 amide bonds. The highest BCUT2D eigenvalue weighted by Gasteiger charge is 2.38. The molecule has 0 aromatic carbocycles. The molecule has 1 rings (SSSR count). The van der Waals surface area contributed by atoms with Crippen LogP contribution in [-0.2, 0) is 16.1 Å². The molecule has 1 heterocycles. The number of esters is 1. The van der Waals surface area contributed by atoms with Gasteiger partial charge in [-0.15, -0.1) is 11.3 Å². The van der Waals surface area contributed by atoms with E-state index >= 15 is 0 Å². The summed E-state index contributed by atoms with van der Waals surface area (Å²) >= 11 is 0.916. The fourth-order valence-electron chi connectivity index (χ4n) is 1.18. The summed E-state index contributed by atoms with van der Waals surface area (Å²) in [5, 5.41) is 1.82. The molecule has 19 heavy (non-hydrogen) atoms. The van der Waals surface area contributed by atoms with Crippen LogP contribution in [0, 0.1) is 0 Å². The van der Waals surface area contributed by atoms with Crippen molar-refractivity contribution in [3.8, 4) is 0 Å². The van der Waals surface area contributed by atoms with E-state index in [9.17, 15) is 22.8 Å². The zero-order valence-electron chi connectivity index (χ0n) is 9.84. The van der Waals surface area contributed by atoms with Gasteiger partial charge in [-0.05, 0) is 13.0 Å². The normalized spacial score (nSPS) is 11.2. The summed E-state index contributed by atoms with van der Waals surface area (Å²) in [5.41, 5.74) is 5.63. The number of anilines is 1. The SMILES string of the molecule is CCOC(=O)c1cc(CNC(=O)C(F)(F)F)sc1N. The van der Waals surface area contributed by atoms with E-state index in [0.29, 0.717) is 4.88 Å². The lowest BCUT2D eigenvalue weighted by Crippen LogP contribution is -2.36. The van der Waals surface area contributed by atoms with Crippen molar-refractivity contribution >= 4 is 28.2 Å². The number of amides is 1. The van der Waals surface area contributed by atoms with Crippen LogP contribution in [0.4, 0.5) is 18.2 Å². The average Bonchev–Trinajstić information content (AvgIpc) is 2.66. The van der Waals surface area contributed by atoms with Crippen LogP contribution in [0.15, 0.2) is 6.07 Å². The quantitative estimate of drug-likeness (QED) is 0.828. The third kappa shape index (κ3) is 4.12. The summed E-state index contributed by atoms with van der Waals surface area (Å²) < 4.78 is 40.6. The molecule has 106 valence electrons. The van der Waals surface area contributed by atoms with Gasteiger partial charge >= 0.3 is 18.1 Å². The number of ether oxygens (including phenoxy) is 1. The molecule has 0 fully saturated rings. The number of alkyl halides is 3. The van der Waals surface area contributed by atoms with E-state index in [-0.39, 0.29) is 23.7 Å². The average molecular weight is 296 g/mol. The number of hydrogen-bond acceptors (Lipinski definition) is 5. The van der Waals surface area contributed by atoms with Crippen molar-refractivity contribution in [3.05, 3.63) is 16.5 Å². The van der Waals surface area contributed by atoms with E-state index in [1.165, 1.54) is 6.07 Å². The van der Waals surface area contributed by atoms with Crippen molar-refractivity contribution in [2.45, 2.75) is 19.6 Å². The molecule has 0 aliphatic rings. The first-order valence-corrected chi connectivity index (χ1v) is 5.97. The molecule has 0 aliphatic heterocycles. The monoisotopic (exact) mass is 296 g/mol. The zero-order chi connectivity index (χ0) is 14.6. The van der Waals surface area contributed by atoms with Gasteiger partial charge in [-0.2, -0.15) is 13.2 Å². The highest BCUT2D eigenvalue weighted by molar-refractivity contribution is 7.16. The lowest BCUT2D eigenvalue weighted by Gasteiger charge is -2.05. The van der Waals surface area contributed by atoms with Crippen LogP contribution in [-0.4, -0.2) is 24.7 Å². The molecule has 0 saturated carbocycles. The molecular formula is C10H11F3N2O3S. The second kappa shape index (κ2) is 5.91. The first-order chi connectivity index (χ1) is 8.75. The Labute approximate surface area is 110 Å². The van der Waals surface area contributed by atoms with Gasteiger partial charge in [-0.1, -0.05) is 0 Å². The fraction of sp³-hybridized carbons (Fsp3) is 0.400. The summed E-state index contributed by atoms with van der Waals surface area (Å²) in [4.78, 5) is 22.4. The molecular weight excluding hydrogens is 285 g/mol. The third-order valence-electron chi connectivity index (χ3n) is 1.99. The van der Waals surface area contributed by atoms with E-state index in [2.05, 4.69) is 0 Å². The van der Waals surface area contributed by atoms with Gasteiger partial charge in [0.05, 0.1) is 18.7 Å². The number of carbonyl (C=O) groups is 2. The van der Waals surface area contributed by atoms with E-state index in [1.807, 2.05) is 0 Å². The second-order valence-corrected chi connectivity index (χ2v) is 4.56. The largest absolute Gasteiger partial charge is 0.471 e. The lowest BCUT2D eigenvalue weighted by atomic mass is 10.3. The molecule has 0 saturated heterocycles. The number of rotatable bonds is 4. The highest BCUT2D eigenvalue weighted by Crippen LogP contribution is 2.26. The van der Waals surface area contributed by atoms with Gasteiger partial charge in [0.25, 0.3) is 0 Å². The Balaban J connectivity index is 2.69. The number of halogens is 3. The van der Waals surface area contributed by atoms with Gasteiger partial charge in [-0.3, -0.25) is 4.79 Å². The molecule has 0 spiro atoms. The van der Waals surface area contributed by atoms with E-state index < -0.39 is 18.1 Å². The predicted octanol–water partition coefficient (Wildman–Crippen LogP) is 1.69. The van der Waals surface area contributed by atoms with Crippen molar-refractivity contribution < 1.29 is 27.5 Å². The van der Waals surface area contributed by atoms with Gasteiger partial charge in [-0.25, -0.2) is 4.79 Å². The minimum Gasteiger partial charge on any atom is -0.462 e. The molecule has 0 aliphatic carbocycles. The third-order valence-corrected chi connectivity index (χ3v) is 2.95. The first kappa shape index (κ1) is 15.3. The molecule has 9 heteroatoms. The first-order valence-electron chi connectivity index (χ1n) is 5.16. The Hall–Kier alpha value is -1.77. The summed E-state index contributed by atoms with van der Waals surface area (Å²) in [7, 11) is 0. The van der Waals surface area contributed by atoms with Crippen LogP contribution in [0.5, 0.6) is 0 Å². The minimum absolute atomic E-state index is 0.0862. The Kier molecular flexibility index (Phi) is 4.76. The number of hydrogen-bond donors (Lipinski definition) is 2. The number of nitrogen functional groups attached to an aromatic ring is 1. The van der Waals surface area contributed by atoms with Crippen LogP contribution < -0.4 is 11.1 Å². The molecule has 3 N–H and O–H groups in total. The van der Waals surface area contributed by atoms with Crippen LogP contribution in [0.3, 0.4) is 0 Å². The Morgan fingerprint density at radius 3 is 2.63 bits per heavy atom. The molecule has 0 radical (unpaired) electrons. The lowest BCUT2D eigenvalue weighted by molar-refractivity contribution is -0.173. The van der Waals surface area contributed by atoms with Crippen molar-refractivity contribution in [1.29, 1.82) is 0 Å². The van der Waals surface area contributed by atoms with Gasteiger partial charge in [0, 0.05) is 4.88 Å². The van der Waals surface area contributed by atoms with Gasteiger partial charge in [0.15, 0.2) is 0 Å². The molecule has 5 nitrogen and oxygen atoms in total. The van der Waals surface area contributed by atoms with Crippen LogP contribution in [0.2, 0.25) is 0 Å². The Bertz CT molecular complexity index is 485. The van der Waals surface area contributed by atoms with Crippen LogP contribution in [0.1, 0.15) is 22.2 Å². The van der Waals surface area contributed by atoms with E-state index in [0.717, 1.165) is 11.3 Å². The minimum atomic E-state index is -4.94. The standard InChI is InChI=1S/C10H11F3N2O3S/c1-2-18-8(16)6-3-5(19-7(6)14)4-15-9(17)10(11,12)13/h3H,2,4,14H2,1H3,(H,15,17). The van der Waals surface area contributed by atoms with E-state index in [1.54, 1.807) is 12.2 Å². The van der Waals surface area contributed by atoms with Gasteiger partial charge in [0.1, 0.15) is 5.00 Å². The second-order valence-electron chi connectivity index (χ2n) is 3.39. The highest BCUT2D eigenvalue weighted by atomic mass is 32.1. The summed E-state index contributed by atoms with van der Waals surface area (Å²) in [6.45, 7) is 1.42. The number of nitrogens with one attached hydrogen (secondary N) is 1. The van der Waals surface area contributed by atoms with Gasteiger partial charge in [0.2, 0.25) is 0 Å². The smallest absolute Gasteiger partial charge is 0.462 e. The molecule has 1 aromatic heterocycles. The van der Waals surface area contributed by atoms with Crippen LogP contribution >= 0.6 is 11.3 Å². The van der Waals surface area contributed by atoms with Crippen molar-refractivity contribution in [2.24, 2.45) is 0 Å². The zero-order valence-corrected chi connectivity index (χ0v) is 10.7. The Morgan fingerprint density at radius 2 is 2.11 bits per heavy atom. The fourth-order valence-corrected chi connectivity index (χ4v) is 2.04. The topological polar surface area (TPSA) is 81.4 Å². The van der Waals surface area contributed by atoms with Crippen LogP contribution in [0.25, 0.3) is 0 Å². The number of carbonyl (C=O) groups excluding carboxylic acids is 2. The summed E-state index contributed by atoms with van der Waals surface area (Å²) in [5.74, 6) is -2.69. The van der Waals surface area contributed by atoms with E-state index in [4.69, 9.17) is 10.5 Å². The number of nitrogens with two attached hydrogens (primary N) is 1. The maximum absolute atomic E-state index is 12.0. The summed E-state index contributed by atoms with van der Waals surface area (Å²) in [6, 6.07) is 1.30. The maximum Gasteiger partial charge on any atom is 0.471 e. The van der Waals surface area contributed by atoms with Crippen molar-refractivity contribution in [3.63, 3.8) is 0 Å². The predicted molar refractivity (Wildman–Crippen MR) is 62.6 cm³/mol. The van der Waals surface area contributed by atoms with Crippen molar-refractivity contribution in [1.82, 2.24) is 5.32 Å². The number of thiophene rings is 1. The maximum atomic E-state index is 12.0. The summed E-state index contributed by atoms with van der Waals surface area (Å²) in [6.07, 6.45) is -4.94. The van der Waals surface area contributed by atoms with Gasteiger partial charge < -0.3 is 15.8 Å². The van der Waals surface area contributed by atoms with Crippen molar-refractivity contribution in [2.75, 3.05) is 12.3 Å².